The molecule has 2 aromatic rings. The molecule has 2 aromatic carbocycles. The van der Waals surface area contributed by atoms with Gasteiger partial charge in [0.15, 0.2) is 0 Å². The molecule has 1 amide bonds. The highest BCUT2D eigenvalue weighted by molar-refractivity contribution is 6.00. The zero-order valence-corrected chi connectivity index (χ0v) is 14.4. The van der Waals surface area contributed by atoms with E-state index in [-0.39, 0.29) is 11.3 Å². The van der Waals surface area contributed by atoms with Crippen LogP contribution < -0.4 is 15.3 Å². The van der Waals surface area contributed by atoms with Crippen molar-refractivity contribution in [3.05, 3.63) is 63.7 Å². The summed E-state index contributed by atoms with van der Waals surface area (Å²) in [6.07, 6.45) is 0. The van der Waals surface area contributed by atoms with Gasteiger partial charge in [-0.15, -0.1) is 0 Å². The van der Waals surface area contributed by atoms with Crippen molar-refractivity contribution in [2.45, 2.75) is 6.92 Å². The van der Waals surface area contributed by atoms with Gasteiger partial charge < -0.3 is 9.80 Å². The summed E-state index contributed by atoms with van der Waals surface area (Å²) < 4.78 is 0. The number of aryl methyl sites for hydroxylation is 1. The summed E-state index contributed by atoms with van der Waals surface area (Å²) in [7, 11) is 0. The molecule has 8 nitrogen and oxygen atoms in total. The van der Waals surface area contributed by atoms with Crippen LogP contribution in [0, 0.1) is 17.0 Å². The largest absolute Gasteiger partial charge is 0.368 e. The van der Waals surface area contributed by atoms with E-state index < -0.39 is 10.8 Å². The summed E-state index contributed by atoms with van der Waals surface area (Å²) in [5.74, 6) is -0.759. The molecular weight excluding hydrogens is 336 g/mol. The van der Waals surface area contributed by atoms with Gasteiger partial charge in [0, 0.05) is 44.0 Å². The van der Waals surface area contributed by atoms with Crippen LogP contribution in [0.1, 0.15) is 15.9 Å². The normalized spacial score (nSPS) is 14.2. The molecule has 1 aliphatic heterocycles. The molecule has 0 aromatic heterocycles. The minimum atomic E-state index is -0.759. The molecule has 1 aliphatic rings. The first-order valence-electron chi connectivity index (χ1n) is 8.29. The highest BCUT2D eigenvalue weighted by Crippen LogP contribution is 2.27. The fourth-order valence-corrected chi connectivity index (χ4v) is 3.19. The van der Waals surface area contributed by atoms with E-state index in [1.54, 1.807) is 11.5 Å². The lowest BCUT2D eigenvalue weighted by atomic mass is 10.1. The van der Waals surface area contributed by atoms with Crippen LogP contribution >= 0.6 is 0 Å². The fraction of sp³-hybridized carbons (Fsp3) is 0.278. The fourth-order valence-electron chi connectivity index (χ4n) is 3.19. The third-order valence-corrected chi connectivity index (χ3v) is 4.52. The standard InChI is InChI=1S/C18H20N4O4/c1-13-3-2-4-14(11-13)20-7-9-21(10-8-20)17-6-5-15(22(25)26)12-16(17)18(23)19-24/h2-6,11-12,24H,7-10H2,1H3,(H,19,23). The molecule has 0 unspecified atom stereocenters. The monoisotopic (exact) mass is 356 g/mol. The first-order valence-corrected chi connectivity index (χ1v) is 8.29. The molecule has 0 saturated carbocycles. The minimum Gasteiger partial charge on any atom is -0.368 e. The summed E-state index contributed by atoms with van der Waals surface area (Å²) in [5, 5.41) is 19.9. The van der Waals surface area contributed by atoms with Gasteiger partial charge in [-0.25, -0.2) is 5.48 Å². The zero-order valence-electron chi connectivity index (χ0n) is 14.4. The van der Waals surface area contributed by atoms with Gasteiger partial charge in [0.25, 0.3) is 11.6 Å². The van der Waals surface area contributed by atoms with E-state index in [4.69, 9.17) is 5.21 Å². The topological polar surface area (TPSA) is 99.0 Å². The van der Waals surface area contributed by atoms with E-state index in [0.717, 1.165) is 18.8 Å². The van der Waals surface area contributed by atoms with E-state index in [0.29, 0.717) is 18.8 Å². The minimum absolute atomic E-state index is 0.0886. The Balaban J connectivity index is 1.80. The van der Waals surface area contributed by atoms with E-state index in [1.807, 2.05) is 11.0 Å². The van der Waals surface area contributed by atoms with E-state index >= 15 is 0 Å². The van der Waals surface area contributed by atoms with Gasteiger partial charge in [0.05, 0.1) is 16.2 Å². The Morgan fingerprint density at radius 2 is 1.81 bits per heavy atom. The second-order valence-electron chi connectivity index (χ2n) is 6.21. The number of nitrogens with one attached hydrogen (secondary N) is 1. The summed E-state index contributed by atoms with van der Waals surface area (Å²) in [4.78, 5) is 26.6. The third kappa shape index (κ3) is 3.60. The van der Waals surface area contributed by atoms with Crippen molar-refractivity contribution in [3.8, 4) is 0 Å². The Bertz CT molecular complexity index is 832. The van der Waals surface area contributed by atoms with E-state index in [1.165, 1.54) is 17.7 Å². The van der Waals surface area contributed by atoms with Crippen LogP contribution in [0.25, 0.3) is 0 Å². The van der Waals surface area contributed by atoms with E-state index in [2.05, 4.69) is 30.0 Å². The lowest BCUT2D eigenvalue weighted by Gasteiger charge is -2.38. The van der Waals surface area contributed by atoms with Gasteiger partial charge >= 0.3 is 0 Å². The predicted molar refractivity (Wildman–Crippen MR) is 98.0 cm³/mol. The number of nitro groups is 1. The quantitative estimate of drug-likeness (QED) is 0.496. The molecule has 26 heavy (non-hydrogen) atoms. The first-order chi connectivity index (χ1) is 12.5. The maximum Gasteiger partial charge on any atom is 0.276 e. The Kier molecular flexibility index (Phi) is 5.04. The van der Waals surface area contributed by atoms with Crippen molar-refractivity contribution in [2.75, 3.05) is 36.0 Å². The summed E-state index contributed by atoms with van der Waals surface area (Å²) in [6, 6.07) is 12.4. The molecule has 136 valence electrons. The van der Waals surface area contributed by atoms with Crippen molar-refractivity contribution in [1.29, 1.82) is 0 Å². The lowest BCUT2D eigenvalue weighted by molar-refractivity contribution is -0.384. The maximum atomic E-state index is 12.0. The molecule has 0 aliphatic carbocycles. The highest BCUT2D eigenvalue weighted by Gasteiger charge is 2.24. The van der Waals surface area contributed by atoms with Crippen LogP contribution in [-0.2, 0) is 0 Å². The van der Waals surface area contributed by atoms with Crippen molar-refractivity contribution >= 4 is 23.0 Å². The van der Waals surface area contributed by atoms with Gasteiger partial charge in [-0.3, -0.25) is 20.1 Å². The van der Waals surface area contributed by atoms with Crippen LogP contribution in [0.15, 0.2) is 42.5 Å². The number of hydrogen-bond acceptors (Lipinski definition) is 6. The predicted octanol–water partition coefficient (Wildman–Crippen LogP) is 2.35. The average molecular weight is 356 g/mol. The van der Waals surface area contributed by atoms with Crippen LogP contribution in [-0.4, -0.2) is 42.2 Å². The Morgan fingerprint density at radius 1 is 1.12 bits per heavy atom. The number of amides is 1. The molecule has 0 radical (unpaired) electrons. The lowest BCUT2D eigenvalue weighted by Crippen LogP contribution is -2.47. The molecule has 2 N–H and O–H groups in total. The molecule has 1 saturated heterocycles. The number of piperazine rings is 1. The number of benzene rings is 2. The number of non-ortho nitro benzene ring substituents is 1. The second-order valence-corrected chi connectivity index (χ2v) is 6.21. The Morgan fingerprint density at radius 3 is 2.42 bits per heavy atom. The Labute approximate surface area is 150 Å². The van der Waals surface area contributed by atoms with Gasteiger partial charge in [0.2, 0.25) is 0 Å². The van der Waals surface area contributed by atoms with Crippen molar-refractivity contribution < 1.29 is 14.9 Å². The molecule has 0 spiro atoms. The molecular formula is C18H20N4O4. The third-order valence-electron chi connectivity index (χ3n) is 4.52. The molecule has 1 heterocycles. The summed E-state index contributed by atoms with van der Waals surface area (Å²) >= 11 is 0. The summed E-state index contributed by atoms with van der Waals surface area (Å²) in [6.45, 7) is 4.91. The zero-order chi connectivity index (χ0) is 18.7. The second kappa shape index (κ2) is 7.40. The van der Waals surface area contributed by atoms with Crippen LogP contribution in [0.5, 0.6) is 0 Å². The number of nitro benzene ring substituents is 1. The maximum absolute atomic E-state index is 12.0. The SMILES string of the molecule is Cc1cccc(N2CCN(c3ccc([N+](=O)[O-])cc3C(=O)NO)CC2)c1. The average Bonchev–Trinajstić information content (AvgIpc) is 2.67. The number of anilines is 2. The van der Waals surface area contributed by atoms with E-state index in [9.17, 15) is 14.9 Å². The number of rotatable bonds is 4. The number of hydroxylamine groups is 1. The molecule has 0 atom stereocenters. The molecule has 3 rings (SSSR count). The molecule has 0 bridgehead atoms. The summed E-state index contributed by atoms with van der Waals surface area (Å²) in [5.41, 5.74) is 4.39. The van der Waals surface area contributed by atoms with Gasteiger partial charge in [0.1, 0.15) is 0 Å². The smallest absolute Gasteiger partial charge is 0.276 e. The van der Waals surface area contributed by atoms with Crippen LogP contribution in [0.2, 0.25) is 0 Å². The van der Waals surface area contributed by atoms with Crippen LogP contribution in [0.4, 0.5) is 17.1 Å². The van der Waals surface area contributed by atoms with Crippen LogP contribution in [0.3, 0.4) is 0 Å². The number of hydrogen-bond donors (Lipinski definition) is 2. The number of carbonyl (C=O) groups excluding carboxylic acids is 1. The van der Waals surface area contributed by atoms with Crippen molar-refractivity contribution in [2.24, 2.45) is 0 Å². The van der Waals surface area contributed by atoms with Crippen molar-refractivity contribution in [1.82, 2.24) is 5.48 Å². The first kappa shape index (κ1) is 17.7. The Hall–Kier alpha value is -3.13. The van der Waals surface area contributed by atoms with Gasteiger partial charge in [-0.05, 0) is 30.7 Å². The molecule has 1 fully saturated rings. The number of nitrogens with zero attached hydrogens (tertiary/aromatic N) is 3. The molecule has 8 heteroatoms. The number of carbonyl (C=O) groups is 1. The van der Waals surface area contributed by atoms with Gasteiger partial charge in [-0.1, -0.05) is 12.1 Å². The highest BCUT2D eigenvalue weighted by atomic mass is 16.6. The van der Waals surface area contributed by atoms with Gasteiger partial charge in [-0.2, -0.15) is 0 Å². The van der Waals surface area contributed by atoms with Crippen molar-refractivity contribution in [3.63, 3.8) is 0 Å².